The lowest BCUT2D eigenvalue weighted by molar-refractivity contribution is -0.126. The van der Waals surface area contributed by atoms with Crippen LogP contribution in [0.25, 0.3) is 20.8 Å². The fourth-order valence-electron chi connectivity index (χ4n) is 3.98. The van der Waals surface area contributed by atoms with Crippen LogP contribution in [0.5, 0.6) is 0 Å². The number of hydrogen-bond donors (Lipinski definition) is 2. The van der Waals surface area contributed by atoms with Crippen molar-refractivity contribution in [1.82, 2.24) is 10.3 Å². The third-order valence-corrected chi connectivity index (χ3v) is 6.52. The second kappa shape index (κ2) is 8.33. The molecule has 0 saturated heterocycles. The van der Waals surface area contributed by atoms with Gasteiger partial charge >= 0.3 is 0 Å². The second-order valence-corrected chi connectivity index (χ2v) is 8.81. The maximum absolute atomic E-state index is 12.8. The molecule has 2 aromatic carbocycles. The van der Waals surface area contributed by atoms with Crippen molar-refractivity contribution in [3.8, 4) is 10.6 Å². The van der Waals surface area contributed by atoms with Gasteiger partial charge < -0.3 is 10.6 Å². The molecule has 6 heteroatoms. The fourth-order valence-corrected chi connectivity index (χ4v) is 5.05. The van der Waals surface area contributed by atoms with Crippen molar-refractivity contribution in [3.63, 3.8) is 0 Å². The minimum absolute atomic E-state index is 0.143. The highest BCUT2D eigenvalue weighted by molar-refractivity contribution is 7.21. The molecule has 1 saturated carbocycles. The molecular formula is C23H25N3O2S. The Hall–Kier alpha value is -2.73. The minimum atomic E-state index is -0.470. The molecular weight excluding hydrogens is 382 g/mol. The molecule has 1 heterocycles. The number of nitrogens with one attached hydrogen (secondary N) is 2. The Bertz CT molecular complexity index is 1040. The summed E-state index contributed by atoms with van der Waals surface area (Å²) in [5.41, 5.74) is 3.98. The van der Waals surface area contributed by atoms with Crippen LogP contribution in [-0.2, 0) is 9.59 Å². The summed E-state index contributed by atoms with van der Waals surface area (Å²) in [6, 6.07) is 13.5. The van der Waals surface area contributed by atoms with Crippen LogP contribution in [-0.4, -0.2) is 22.8 Å². The van der Waals surface area contributed by atoms with Crippen LogP contribution >= 0.6 is 11.3 Å². The molecule has 150 valence electrons. The third-order valence-electron chi connectivity index (χ3n) is 5.46. The Kier molecular flexibility index (Phi) is 5.62. The number of thiazole rings is 1. The van der Waals surface area contributed by atoms with Gasteiger partial charge in [0, 0.05) is 18.2 Å². The molecule has 5 nitrogen and oxygen atoms in total. The van der Waals surface area contributed by atoms with E-state index in [4.69, 9.17) is 4.98 Å². The molecule has 0 bridgehead atoms. The Morgan fingerprint density at radius 3 is 2.52 bits per heavy atom. The number of benzene rings is 2. The van der Waals surface area contributed by atoms with Crippen molar-refractivity contribution in [1.29, 1.82) is 0 Å². The number of anilines is 1. The molecule has 2 N–H and O–H groups in total. The Labute approximate surface area is 174 Å². The van der Waals surface area contributed by atoms with E-state index in [1.807, 2.05) is 30.3 Å². The number of amides is 2. The predicted molar refractivity (Wildman–Crippen MR) is 118 cm³/mol. The van der Waals surface area contributed by atoms with Crippen molar-refractivity contribution >= 4 is 39.1 Å². The zero-order valence-corrected chi connectivity index (χ0v) is 17.5. The van der Waals surface area contributed by atoms with Gasteiger partial charge in [-0.25, -0.2) is 4.98 Å². The molecule has 0 radical (unpaired) electrons. The maximum atomic E-state index is 12.8. The van der Waals surface area contributed by atoms with Gasteiger partial charge in [-0.05, 0) is 67.6 Å². The van der Waals surface area contributed by atoms with E-state index >= 15 is 0 Å². The monoisotopic (exact) mass is 407 g/mol. The van der Waals surface area contributed by atoms with Gasteiger partial charge in [0.2, 0.25) is 11.8 Å². The minimum Gasteiger partial charge on any atom is -0.344 e. The summed E-state index contributed by atoms with van der Waals surface area (Å²) in [5, 5.41) is 6.77. The largest absolute Gasteiger partial charge is 0.344 e. The summed E-state index contributed by atoms with van der Waals surface area (Å²) < 4.78 is 1.17. The van der Waals surface area contributed by atoms with Gasteiger partial charge in [0.05, 0.1) is 10.2 Å². The lowest BCUT2D eigenvalue weighted by Crippen LogP contribution is -2.47. The van der Waals surface area contributed by atoms with Crippen molar-refractivity contribution in [2.75, 3.05) is 5.32 Å². The SMILES string of the molecule is CC(=O)NC(C(=O)Nc1ccc(-c2nc3ccc(C)cc3s2)cc1)C1CCCC1. The van der Waals surface area contributed by atoms with Crippen LogP contribution < -0.4 is 10.6 Å². The Morgan fingerprint density at radius 2 is 1.83 bits per heavy atom. The molecule has 0 spiro atoms. The molecule has 1 aliphatic carbocycles. The highest BCUT2D eigenvalue weighted by Gasteiger charge is 2.31. The first kappa shape index (κ1) is 19.6. The van der Waals surface area contributed by atoms with E-state index in [2.05, 4.69) is 29.7 Å². The highest BCUT2D eigenvalue weighted by Crippen LogP contribution is 2.32. The first-order chi connectivity index (χ1) is 14.0. The Balaban J connectivity index is 1.49. The molecule has 1 aromatic heterocycles. The first-order valence-electron chi connectivity index (χ1n) is 10.1. The first-order valence-corrected chi connectivity index (χ1v) is 10.9. The number of nitrogens with zero attached hydrogens (tertiary/aromatic N) is 1. The Morgan fingerprint density at radius 1 is 1.10 bits per heavy atom. The summed E-state index contributed by atoms with van der Waals surface area (Å²) in [6.07, 6.45) is 4.19. The quantitative estimate of drug-likeness (QED) is 0.632. The number of carbonyl (C=O) groups is 2. The topological polar surface area (TPSA) is 71.1 Å². The van der Waals surface area contributed by atoms with E-state index in [-0.39, 0.29) is 17.7 Å². The molecule has 4 rings (SSSR count). The molecule has 1 aliphatic rings. The smallest absolute Gasteiger partial charge is 0.247 e. The maximum Gasteiger partial charge on any atom is 0.247 e. The van der Waals surface area contributed by atoms with Crippen LogP contribution in [0.4, 0.5) is 5.69 Å². The number of rotatable bonds is 5. The number of carbonyl (C=O) groups excluding carboxylic acids is 2. The standard InChI is InChI=1S/C23H25N3O2S/c1-14-7-12-19-20(13-14)29-23(26-19)17-8-10-18(11-9-17)25-22(28)21(24-15(2)27)16-5-3-4-6-16/h7-13,16,21H,3-6H2,1-2H3,(H,24,27)(H,25,28). The van der Waals surface area contributed by atoms with Gasteiger partial charge in [-0.1, -0.05) is 18.9 Å². The second-order valence-electron chi connectivity index (χ2n) is 7.78. The van der Waals surface area contributed by atoms with Crippen LogP contribution in [0.3, 0.4) is 0 Å². The number of aromatic nitrogens is 1. The van der Waals surface area contributed by atoms with E-state index in [0.29, 0.717) is 0 Å². The van der Waals surface area contributed by atoms with Crippen molar-refractivity contribution in [3.05, 3.63) is 48.0 Å². The summed E-state index contributed by atoms with van der Waals surface area (Å²) >= 11 is 1.67. The van der Waals surface area contributed by atoms with Gasteiger partial charge in [0.15, 0.2) is 0 Å². The van der Waals surface area contributed by atoms with Crippen LogP contribution in [0.1, 0.15) is 38.2 Å². The summed E-state index contributed by atoms with van der Waals surface area (Å²) in [6.45, 7) is 3.54. The lowest BCUT2D eigenvalue weighted by atomic mass is 9.97. The van der Waals surface area contributed by atoms with Gasteiger partial charge in [0.25, 0.3) is 0 Å². The van der Waals surface area contributed by atoms with Crippen molar-refractivity contribution in [2.24, 2.45) is 5.92 Å². The molecule has 2 amide bonds. The van der Waals surface area contributed by atoms with Crippen molar-refractivity contribution in [2.45, 2.75) is 45.6 Å². The average molecular weight is 408 g/mol. The molecule has 0 aliphatic heterocycles. The third kappa shape index (κ3) is 4.48. The average Bonchev–Trinajstić information content (AvgIpc) is 3.36. The van der Waals surface area contributed by atoms with Crippen LogP contribution in [0.15, 0.2) is 42.5 Å². The lowest BCUT2D eigenvalue weighted by Gasteiger charge is -2.23. The summed E-state index contributed by atoms with van der Waals surface area (Å²) in [5.74, 6) is -0.0989. The van der Waals surface area contributed by atoms with Gasteiger partial charge in [-0.15, -0.1) is 11.3 Å². The van der Waals surface area contributed by atoms with Crippen LogP contribution in [0.2, 0.25) is 0 Å². The predicted octanol–water partition coefficient (Wildman–Crippen LogP) is 4.91. The van der Waals surface area contributed by atoms with Gasteiger partial charge in [0.1, 0.15) is 11.0 Å². The highest BCUT2D eigenvalue weighted by atomic mass is 32.1. The zero-order chi connectivity index (χ0) is 20.4. The van der Waals surface area contributed by atoms with E-state index in [0.717, 1.165) is 47.5 Å². The van der Waals surface area contributed by atoms with E-state index in [1.54, 1.807) is 11.3 Å². The van der Waals surface area contributed by atoms with E-state index in [9.17, 15) is 9.59 Å². The molecule has 3 aromatic rings. The normalized spacial score (nSPS) is 15.4. The number of hydrogen-bond acceptors (Lipinski definition) is 4. The summed E-state index contributed by atoms with van der Waals surface area (Å²) in [4.78, 5) is 29.1. The number of fused-ring (bicyclic) bond motifs is 1. The fraction of sp³-hybridized carbons (Fsp3) is 0.348. The molecule has 1 fully saturated rings. The molecule has 29 heavy (non-hydrogen) atoms. The molecule has 1 atom stereocenters. The number of aryl methyl sites for hydroxylation is 1. The molecule has 1 unspecified atom stereocenters. The van der Waals surface area contributed by atoms with Gasteiger partial charge in [-0.2, -0.15) is 0 Å². The summed E-state index contributed by atoms with van der Waals surface area (Å²) in [7, 11) is 0. The zero-order valence-electron chi connectivity index (χ0n) is 16.7. The van der Waals surface area contributed by atoms with E-state index < -0.39 is 6.04 Å². The van der Waals surface area contributed by atoms with Crippen LogP contribution in [0, 0.1) is 12.8 Å². The van der Waals surface area contributed by atoms with Crippen molar-refractivity contribution < 1.29 is 9.59 Å². The van der Waals surface area contributed by atoms with E-state index in [1.165, 1.54) is 17.2 Å². The van der Waals surface area contributed by atoms with Gasteiger partial charge in [-0.3, -0.25) is 9.59 Å².